The number of aromatic nitrogens is 1. The van der Waals surface area contributed by atoms with Gasteiger partial charge >= 0.3 is 6.18 Å². The first kappa shape index (κ1) is 17.1. The molecule has 1 aromatic heterocycles. The molecule has 0 atom stereocenters. The predicted molar refractivity (Wildman–Crippen MR) is 81.9 cm³/mol. The number of nitrogens with zero attached hydrogens (tertiary/aromatic N) is 2. The Bertz CT molecular complexity index is 515. The Labute approximate surface area is 132 Å². The van der Waals surface area contributed by atoms with Gasteiger partial charge in [0.05, 0.1) is 6.54 Å². The predicted octanol–water partition coefficient (Wildman–Crippen LogP) is 3.41. The van der Waals surface area contributed by atoms with Gasteiger partial charge < -0.3 is 10.6 Å². The third kappa shape index (κ3) is 4.12. The summed E-state index contributed by atoms with van der Waals surface area (Å²) in [5.41, 5.74) is -0.487. The lowest BCUT2D eigenvalue weighted by atomic mass is 9.67. The number of hydrogen-bond acceptors (Lipinski definition) is 3. The maximum atomic E-state index is 12.5. The number of rotatable bonds is 5. The molecule has 0 saturated heterocycles. The Kier molecular flexibility index (Phi) is 5.31. The van der Waals surface area contributed by atoms with Crippen LogP contribution in [-0.4, -0.2) is 24.5 Å². The molecule has 2 rings (SSSR count). The smallest absolute Gasteiger partial charge is 0.356 e. The van der Waals surface area contributed by atoms with Crippen LogP contribution < -0.4 is 10.6 Å². The summed E-state index contributed by atoms with van der Waals surface area (Å²) >= 11 is 0.996. The molecular weight excluding hydrogens is 313 g/mol. The van der Waals surface area contributed by atoms with E-state index >= 15 is 0 Å². The van der Waals surface area contributed by atoms with E-state index in [0.29, 0.717) is 16.4 Å². The fourth-order valence-electron chi connectivity index (χ4n) is 2.51. The number of thiazole rings is 1. The van der Waals surface area contributed by atoms with Crippen LogP contribution in [0.15, 0.2) is 10.4 Å². The van der Waals surface area contributed by atoms with E-state index in [1.54, 1.807) is 7.05 Å². The Morgan fingerprint density at radius 3 is 2.59 bits per heavy atom. The van der Waals surface area contributed by atoms with Crippen molar-refractivity contribution in [1.29, 1.82) is 0 Å². The van der Waals surface area contributed by atoms with Gasteiger partial charge in [0.2, 0.25) is 0 Å². The molecule has 1 heterocycles. The fraction of sp³-hybridized carbons (Fsp3) is 0.714. The maximum absolute atomic E-state index is 12.5. The molecule has 0 aromatic carbocycles. The van der Waals surface area contributed by atoms with Crippen molar-refractivity contribution >= 4 is 17.3 Å². The third-order valence-corrected chi connectivity index (χ3v) is 5.12. The molecule has 8 heteroatoms. The number of halogens is 3. The number of guanidine groups is 1. The standard InChI is InChI=1S/C14H21F3N4S/c1-3-13(5-4-6-13)9-20-12(18-2)19-7-11-21-10(8-22-11)14(15,16)17/h8H,3-7,9H2,1-2H3,(H2,18,19,20). The molecule has 1 aliphatic rings. The molecule has 0 bridgehead atoms. The normalized spacial score (nSPS) is 18.0. The maximum Gasteiger partial charge on any atom is 0.434 e. The van der Waals surface area contributed by atoms with Gasteiger partial charge in [-0.3, -0.25) is 4.99 Å². The second kappa shape index (κ2) is 6.85. The molecule has 124 valence electrons. The van der Waals surface area contributed by atoms with E-state index in [0.717, 1.165) is 29.7 Å². The molecule has 2 N–H and O–H groups in total. The lowest BCUT2D eigenvalue weighted by molar-refractivity contribution is -0.140. The number of nitrogens with one attached hydrogen (secondary N) is 2. The van der Waals surface area contributed by atoms with E-state index in [4.69, 9.17) is 0 Å². The molecule has 0 amide bonds. The molecule has 0 spiro atoms. The highest BCUT2D eigenvalue weighted by Crippen LogP contribution is 2.43. The van der Waals surface area contributed by atoms with Crippen LogP contribution in [0.3, 0.4) is 0 Å². The summed E-state index contributed by atoms with van der Waals surface area (Å²) in [6.07, 6.45) is 0.440. The number of alkyl halides is 3. The summed E-state index contributed by atoms with van der Waals surface area (Å²) < 4.78 is 37.5. The molecule has 0 aliphatic heterocycles. The minimum Gasteiger partial charge on any atom is -0.356 e. The Hall–Kier alpha value is -1.31. The van der Waals surface area contributed by atoms with Crippen LogP contribution in [-0.2, 0) is 12.7 Å². The Morgan fingerprint density at radius 1 is 1.41 bits per heavy atom. The summed E-state index contributed by atoms with van der Waals surface area (Å²) in [4.78, 5) is 7.69. The molecule has 22 heavy (non-hydrogen) atoms. The van der Waals surface area contributed by atoms with Crippen molar-refractivity contribution in [3.8, 4) is 0 Å². The Morgan fingerprint density at radius 2 is 2.14 bits per heavy atom. The highest BCUT2D eigenvalue weighted by molar-refractivity contribution is 7.09. The second-order valence-electron chi connectivity index (χ2n) is 5.61. The van der Waals surface area contributed by atoms with Crippen LogP contribution >= 0.6 is 11.3 Å². The van der Waals surface area contributed by atoms with E-state index in [1.807, 2.05) is 0 Å². The highest BCUT2D eigenvalue weighted by atomic mass is 32.1. The lowest BCUT2D eigenvalue weighted by Gasteiger charge is -2.41. The van der Waals surface area contributed by atoms with Crippen molar-refractivity contribution in [3.63, 3.8) is 0 Å². The summed E-state index contributed by atoms with van der Waals surface area (Å²) in [6.45, 7) is 3.26. The first-order valence-electron chi connectivity index (χ1n) is 7.35. The van der Waals surface area contributed by atoms with Crippen molar-refractivity contribution in [3.05, 3.63) is 16.1 Å². The summed E-state index contributed by atoms with van der Waals surface area (Å²) in [6, 6.07) is 0. The minimum atomic E-state index is -4.38. The molecule has 0 radical (unpaired) electrons. The van der Waals surface area contributed by atoms with Crippen molar-refractivity contribution < 1.29 is 13.2 Å². The first-order chi connectivity index (χ1) is 10.4. The molecule has 4 nitrogen and oxygen atoms in total. The van der Waals surface area contributed by atoms with Crippen LogP contribution in [0.5, 0.6) is 0 Å². The summed E-state index contributed by atoms with van der Waals surface area (Å²) in [5.74, 6) is 0.600. The summed E-state index contributed by atoms with van der Waals surface area (Å²) in [7, 11) is 1.65. The van der Waals surface area contributed by atoms with Crippen molar-refractivity contribution in [2.24, 2.45) is 10.4 Å². The Balaban J connectivity index is 1.82. The van der Waals surface area contributed by atoms with Gasteiger partial charge in [-0.15, -0.1) is 11.3 Å². The van der Waals surface area contributed by atoms with Gasteiger partial charge in [0.25, 0.3) is 0 Å². The fourth-order valence-corrected chi connectivity index (χ4v) is 3.25. The van der Waals surface area contributed by atoms with Crippen molar-refractivity contribution in [2.45, 2.75) is 45.3 Å². The zero-order valence-corrected chi connectivity index (χ0v) is 13.6. The van der Waals surface area contributed by atoms with Crippen LogP contribution in [0.1, 0.15) is 43.3 Å². The van der Waals surface area contributed by atoms with E-state index < -0.39 is 11.9 Å². The third-order valence-electron chi connectivity index (χ3n) is 4.27. The van der Waals surface area contributed by atoms with Gasteiger partial charge in [-0.1, -0.05) is 13.3 Å². The van der Waals surface area contributed by atoms with E-state index in [9.17, 15) is 13.2 Å². The topological polar surface area (TPSA) is 49.3 Å². The zero-order valence-electron chi connectivity index (χ0n) is 12.8. The zero-order chi connectivity index (χ0) is 16.2. The van der Waals surface area contributed by atoms with Gasteiger partial charge in [0.1, 0.15) is 5.01 Å². The van der Waals surface area contributed by atoms with Crippen molar-refractivity contribution in [1.82, 2.24) is 15.6 Å². The second-order valence-corrected chi connectivity index (χ2v) is 6.55. The molecule has 0 unspecified atom stereocenters. The van der Waals surface area contributed by atoms with Gasteiger partial charge in [-0.05, 0) is 24.7 Å². The highest BCUT2D eigenvalue weighted by Gasteiger charge is 2.35. The monoisotopic (exact) mass is 334 g/mol. The first-order valence-corrected chi connectivity index (χ1v) is 8.23. The van der Waals surface area contributed by atoms with E-state index in [-0.39, 0.29) is 6.54 Å². The molecule has 1 aromatic rings. The van der Waals surface area contributed by atoms with Crippen LogP contribution in [0.2, 0.25) is 0 Å². The van der Waals surface area contributed by atoms with Gasteiger partial charge in [0, 0.05) is 19.0 Å². The lowest BCUT2D eigenvalue weighted by Crippen LogP contribution is -2.46. The van der Waals surface area contributed by atoms with E-state index in [1.165, 1.54) is 19.3 Å². The SMILES string of the molecule is CCC1(CNC(=NC)NCc2nc(C(F)(F)F)cs2)CCC1. The van der Waals surface area contributed by atoms with Crippen LogP contribution in [0.4, 0.5) is 13.2 Å². The molecule has 1 fully saturated rings. The van der Waals surface area contributed by atoms with Gasteiger partial charge in [0.15, 0.2) is 11.7 Å². The molecular formula is C14H21F3N4S. The summed E-state index contributed by atoms with van der Waals surface area (Å²) in [5, 5.41) is 7.71. The van der Waals surface area contributed by atoms with Crippen LogP contribution in [0.25, 0.3) is 0 Å². The average molecular weight is 334 g/mol. The molecule has 1 aliphatic carbocycles. The minimum absolute atomic E-state index is 0.236. The van der Waals surface area contributed by atoms with E-state index in [2.05, 4.69) is 27.5 Å². The van der Waals surface area contributed by atoms with Gasteiger partial charge in [-0.25, -0.2) is 4.98 Å². The quantitative estimate of drug-likeness (QED) is 0.641. The van der Waals surface area contributed by atoms with Gasteiger partial charge in [-0.2, -0.15) is 13.2 Å². The van der Waals surface area contributed by atoms with Crippen LogP contribution in [0, 0.1) is 5.41 Å². The molecule has 1 saturated carbocycles. The number of hydrogen-bond donors (Lipinski definition) is 2. The van der Waals surface area contributed by atoms with Crippen molar-refractivity contribution in [2.75, 3.05) is 13.6 Å². The number of aliphatic imine (C=N–C) groups is 1. The largest absolute Gasteiger partial charge is 0.434 e. The average Bonchev–Trinajstić information content (AvgIpc) is 2.90.